The van der Waals surface area contributed by atoms with Crippen LogP contribution in [0.3, 0.4) is 0 Å². The summed E-state index contributed by atoms with van der Waals surface area (Å²) in [5.74, 6) is 0.983. The molecular formula is C17H14N2O3S2. The Hall–Kier alpha value is -2.25. The highest BCUT2D eigenvalue weighted by Gasteiger charge is 2.28. The van der Waals surface area contributed by atoms with E-state index >= 15 is 0 Å². The third-order valence-electron chi connectivity index (χ3n) is 3.83. The maximum Gasteiger partial charge on any atom is 0.273 e. The first-order chi connectivity index (χ1) is 11.7. The minimum absolute atomic E-state index is 0.0180. The van der Waals surface area contributed by atoms with E-state index in [1.54, 1.807) is 12.1 Å². The molecule has 3 heterocycles. The number of nitrogens with zero attached hydrogens (tertiary/aromatic N) is 1. The van der Waals surface area contributed by atoms with Crippen molar-refractivity contribution >= 4 is 34.4 Å². The highest BCUT2D eigenvalue weighted by atomic mass is 32.1. The minimum atomic E-state index is -0.259. The quantitative estimate of drug-likeness (QED) is 0.680. The summed E-state index contributed by atoms with van der Waals surface area (Å²) in [5, 5.41) is 10.4. The summed E-state index contributed by atoms with van der Waals surface area (Å²) < 4.78 is 5.19. The van der Waals surface area contributed by atoms with Crippen LogP contribution >= 0.6 is 22.7 Å². The molecule has 0 unspecified atom stereocenters. The molecule has 4 rings (SSSR count). The fourth-order valence-corrected chi connectivity index (χ4v) is 3.89. The first kappa shape index (κ1) is 15.3. The van der Waals surface area contributed by atoms with E-state index in [4.69, 9.17) is 4.52 Å². The first-order valence-corrected chi connectivity index (χ1v) is 9.37. The van der Waals surface area contributed by atoms with E-state index in [1.807, 2.05) is 22.9 Å². The van der Waals surface area contributed by atoms with Gasteiger partial charge >= 0.3 is 0 Å². The van der Waals surface area contributed by atoms with Crippen LogP contribution in [0, 0.1) is 0 Å². The topological polar surface area (TPSA) is 72.2 Å². The lowest BCUT2D eigenvalue weighted by atomic mass is 10.2. The molecule has 122 valence electrons. The van der Waals surface area contributed by atoms with Gasteiger partial charge in [0.15, 0.2) is 5.69 Å². The van der Waals surface area contributed by atoms with E-state index in [2.05, 4.69) is 10.5 Å². The Morgan fingerprint density at radius 1 is 1.29 bits per heavy atom. The molecule has 3 aromatic rings. The predicted molar refractivity (Wildman–Crippen MR) is 91.7 cm³/mol. The summed E-state index contributed by atoms with van der Waals surface area (Å²) in [4.78, 5) is 26.0. The van der Waals surface area contributed by atoms with Crippen LogP contribution in [-0.4, -0.2) is 16.8 Å². The van der Waals surface area contributed by atoms with Gasteiger partial charge in [-0.2, -0.15) is 11.3 Å². The Morgan fingerprint density at radius 2 is 2.17 bits per heavy atom. The average molecular weight is 358 g/mol. The third-order valence-corrected chi connectivity index (χ3v) is 5.60. The standard InChI is InChI=1S/C17H14N2O3S2/c20-16(11-5-6-23-9-11)15-4-3-12(24-15)8-18-17(21)13-7-14(22-19-13)10-1-2-10/h3-7,9-10H,1-2,8H2,(H,18,21). The monoisotopic (exact) mass is 358 g/mol. The molecule has 1 aliphatic rings. The van der Waals surface area contributed by atoms with Gasteiger partial charge in [-0.05, 0) is 36.4 Å². The molecule has 0 bridgehead atoms. The molecule has 7 heteroatoms. The summed E-state index contributed by atoms with van der Waals surface area (Å²) in [6, 6.07) is 7.19. The molecule has 24 heavy (non-hydrogen) atoms. The lowest BCUT2D eigenvalue weighted by Crippen LogP contribution is -2.22. The van der Waals surface area contributed by atoms with E-state index < -0.39 is 0 Å². The van der Waals surface area contributed by atoms with Gasteiger partial charge < -0.3 is 9.84 Å². The van der Waals surface area contributed by atoms with Gasteiger partial charge in [-0.1, -0.05) is 5.16 Å². The second-order valence-corrected chi connectivity index (χ2v) is 7.63. The number of thiophene rings is 2. The van der Waals surface area contributed by atoms with E-state index in [9.17, 15) is 9.59 Å². The summed E-state index contributed by atoms with van der Waals surface area (Å²) in [6.07, 6.45) is 2.21. The van der Waals surface area contributed by atoms with Gasteiger partial charge in [-0.15, -0.1) is 11.3 Å². The van der Waals surface area contributed by atoms with Crippen LogP contribution in [0.2, 0.25) is 0 Å². The number of amides is 1. The molecule has 1 N–H and O–H groups in total. The molecule has 0 aromatic carbocycles. The third kappa shape index (κ3) is 3.18. The second-order valence-electron chi connectivity index (χ2n) is 5.68. The zero-order valence-corrected chi connectivity index (χ0v) is 14.3. The molecule has 1 aliphatic carbocycles. The second kappa shape index (κ2) is 6.33. The Morgan fingerprint density at radius 3 is 2.92 bits per heavy atom. The minimum Gasteiger partial charge on any atom is -0.360 e. The van der Waals surface area contributed by atoms with E-state index in [0.29, 0.717) is 28.6 Å². The van der Waals surface area contributed by atoms with Crippen LogP contribution in [0.25, 0.3) is 0 Å². The number of ketones is 1. The number of aromatic nitrogens is 1. The summed E-state index contributed by atoms with van der Waals surface area (Å²) in [7, 11) is 0. The Kier molecular flexibility index (Phi) is 4.03. The van der Waals surface area contributed by atoms with Crippen LogP contribution in [0.4, 0.5) is 0 Å². The molecule has 0 radical (unpaired) electrons. The Bertz CT molecular complexity index is 875. The van der Waals surface area contributed by atoms with Crippen LogP contribution in [0.1, 0.15) is 55.1 Å². The van der Waals surface area contributed by atoms with E-state index in [-0.39, 0.29) is 11.7 Å². The highest BCUT2D eigenvalue weighted by Crippen LogP contribution is 2.40. The normalized spacial score (nSPS) is 13.8. The molecule has 0 aliphatic heterocycles. The van der Waals surface area contributed by atoms with Crippen LogP contribution in [0.5, 0.6) is 0 Å². The fraction of sp³-hybridized carbons (Fsp3) is 0.235. The van der Waals surface area contributed by atoms with Crippen molar-refractivity contribution in [1.29, 1.82) is 0 Å². The van der Waals surface area contributed by atoms with Crippen molar-refractivity contribution in [2.24, 2.45) is 0 Å². The summed E-state index contributed by atoms with van der Waals surface area (Å²) in [6.45, 7) is 0.367. The van der Waals surface area contributed by atoms with Crippen molar-refractivity contribution in [3.8, 4) is 0 Å². The predicted octanol–water partition coefficient (Wildman–Crippen LogP) is 3.84. The molecule has 1 fully saturated rings. The molecule has 1 amide bonds. The van der Waals surface area contributed by atoms with Gasteiger partial charge in [0, 0.05) is 27.8 Å². The van der Waals surface area contributed by atoms with Gasteiger partial charge in [-0.25, -0.2) is 0 Å². The van der Waals surface area contributed by atoms with Crippen molar-refractivity contribution < 1.29 is 14.1 Å². The molecule has 3 aromatic heterocycles. The Balaban J connectivity index is 1.37. The van der Waals surface area contributed by atoms with E-state index in [0.717, 1.165) is 23.5 Å². The van der Waals surface area contributed by atoms with Crippen LogP contribution in [0.15, 0.2) is 39.5 Å². The van der Waals surface area contributed by atoms with Gasteiger partial charge in [0.1, 0.15) is 5.76 Å². The Labute approximate surface area is 146 Å². The van der Waals surface area contributed by atoms with Crippen molar-refractivity contribution in [3.63, 3.8) is 0 Å². The van der Waals surface area contributed by atoms with Gasteiger partial charge in [-0.3, -0.25) is 9.59 Å². The van der Waals surface area contributed by atoms with Crippen LogP contribution < -0.4 is 5.32 Å². The maximum atomic E-state index is 12.3. The number of carbonyl (C=O) groups excluding carboxylic acids is 2. The zero-order valence-electron chi connectivity index (χ0n) is 12.7. The van der Waals surface area contributed by atoms with Crippen molar-refractivity contribution in [1.82, 2.24) is 10.5 Å². The fourth-order valence-electron chi connectivity index (χ4n) is 2.35. The molecule has 1 saturated carbocycles. The first-order valence-electron chi connectivity index (χ1n) is 7.61. The van der Waals surface area contributed by atoms with Gasteiger partial charge in [0.2, 0.25) is 5.78 Å². The molecular weight excluding hydrogens is 344 g/mol. The summed E-state index contributed by atoms with van der Waals surface area (Å²) >= 11 is 2.89. The average Bonchev–Trinajstić information content (AvgIpc) is 3.07. The number of hydrogen-bond donors (Lipinski definition) is 1. The SMILES string of the molecule is O=C(NCc1ccc(C(=O)c2ccsc2)s1)c1cc(C2CC2)on1. The highest BCUT2D eigenvalue weighted by molar-refractivity contribution is 7.14. The largest absolute Gasteiger partial charge is 0.360 e. The molecule has 0 saturated heterocycles. The lowest BCUT2D eigenvalue weighted by molar-refractivity contribution is 0.0941. The smallest absolute Gasteiger partial charge is 0.273 e. The number of rotatable bonds is 6. The summed E-state index contributed by atoms with van der Waals surface area (Å²) in [5.41, 5.74) is 1.01. The van der Waals surface area contributed by atoms with Crippen molar-refractivity contribution in [3.05, 3.63) is 61.8 Å². The van der Waals surface area contributed by atoms with Gasteiger partial charge in [0.05, 0.1) is 11.4 Å². The van der Waals surface area contributed by atoms with E-state index in [1.165, 1.54) is 22.7 Å². The molecule has 5 nitrogen and oxygen atoms in total. The van der Waals surface area contributed by atoms with Crippen molar-refractivity contribution in [2.45, 2.75) is 25.3 Å². The lowest BCUT2D eigenvalue weighted by Gasteiger charge is -1.99. The number of nitrogens with one attached hydrogen (secondary N) is 1. The van der Waals surface area contributed by atoms with Gasteiger partial charge in [0.25, 0.3) is 5.91 Å². The van der Waals surface area contributed by atoms with Crippen molar-refractivity contribution in [2.75, 3.05) is 0 Å². The zero-order chi connectivity index (χ0) is 16.5. The molecule has 0 spiro atoms. The molecule has 0 atom stereocenters. The number of carbonyl (C=O) groups is 2. The number of hydrogen-bond acceptors (Lipinski definition) is 6. The van der Waals surface area contributed by atoms with Crippen LogP contribution in [-0.2, 0) is 6.54 Å². The maximum absolute atomic E-state index is 12.3.